The molecule has 1 aliphatic heterocycles. The lowest BCUT2D eigenvalue weighted by Crippen LogP contribution is -2.34. The van der Waals surface area contributed by atoms with E-state index >= 15 is 0 Å². The van der Waals surface area contributed by atoms with E-state index in [-0.39, 0.29) is 23.1 Å². The van der Waals surface area contributed by atoms with Gasteiger partial charge in [-0.2, -0.15) is 0 Å². The number of fused-ring (bicyclic) bond motifs is 3. The number of carbonyl (C=O) groups excluding carboxylic acids is 1. The average Bonchev–Trinajstić information content (AvgIpc) is 2.87. The number of hydrogen-bond acceptors (Lipinski definition) is 6. The van der Waals surface area contributed by atoms with Crippen molar-refractivity contribution in [3.05, 3.63) is 94.6 Å². The Hall–Kier alpha value is -3.21. The summed E-state index contributed by atoms with van der Waals surface area (Å²) in [7, 11) is -3.89. The largest absolute Gasteiger partial charge is 0.324 e. The van der Waals surface area contributed by atoms with Gasteiger partial charge >= 0.3 is 0 Å². The first-order chi connectivity index (χ1) is 17.3. The van der Waals surface area contributed by atoms with Crippen LogP contribution in [-0.2, 0) is 21.4 Å². The number of thioether (sulfide) groups is 1. The fourth-order valence-electron chi connectivity index (χ4n) is 3.97. The molecule has 1 aromatic heterocycles. The minimum atomic E-state index is -3.89. The van der Waals surface area contributed by atoms with Gasteiger partial charge in [-0.25, -0.2) is 18.4 Å². The fourth-order valence-corrected chi connectivity index (χ4v) is 6.53. The van der Waals surface area contributed by atoms with Crippen molar-refractivity contribution in [1.29, 1.82) is 0 Å². The molecule has 1 N–H and O–H groups in total. The quantitative estimate of drug-likeness (QED) is 0.234. The van der Waals surface area contributed by atoms with Crippen molar-refractivity contribution >= 4 is 55.0 Å². The van der Waals surface area contributed by atoms with E-state index in [1.54, 1.807) is 12.1 Å². The summed E-state index contributed by atoms with van der Waals surface area (Å²) in [5, 5.41) is 3.17. The predicted octanol–water partition coefficient (Wildman–Crippen LogP) is 5.65. The van der Waals surface area contributed by atoms with Crippen LogP contribution >= 0.6 is 27.7 Å². The van der Waals surface area contributed by atoms with Crippen molar-refractivity contribution in [3.63, 3.8) is 0 Å². The Bertz CT molecular complexity index is 1580. The molecule has 182 valence electrons. The van der Waals surface area contributed by atoms with E-state index in [1.165, 1.54) is 10.5 Å². The molecule has 5 rings (SSSR count). The summed E-state index contributed by atoms with van der Waals surface area (Å²) >= 11 is 4.56. The molecule has 0 spiro atoms. The Morgan fingerprint density at radius 2 is 1.83 bits per heavy atom. The van der Waals surface area contributed by atoms with Crippen molar-refractivity contribution in [1.82, 2.24) is 9.97 Å². The highest BCUT2D eigenvalue weighted by molar-refractivity contribution is 9.10. The highest BCUT2D eigenvalue weighted by Crippen LogP contribution is 2.42. The predicted molar refractivity (Wildman–Crippen MR) is 146 cm³/mol. The SMILES string of the molecule is Cc1cccc(CN2c3ccccc3-c3nc(SCC(=O)Nc4ccccc4Br)ncc3S2(=O)=O)c1. The monoisotopic (exact) mass is 580 g/mol. The number of benzene rings is 3. The number of carbonyl (C=O) groups is 1. The van der Waals surface area contributed by atoms with Crippen LogP contribution < -0.4 is 9.62 Å². The van der Waals surface area contributed by atoms with Gasteiger partial charge in [0.2, 0.25) is 5.91 Å². The van der Waals surface area contributed by atoms with Gasteiger partial charge in [0.05, 0.1) is 35.6 Å². The highest BCUT2D eigenvalue weighted by atomic mass is 79.9. The number of halogens is 1. The summed E-state index contributed by atoms with van der Waals surface area (Å²) in [5.41, 5.74) is 4.23. The van der Waals surface area contributed by atoms with Gasteiger partial charge in [0.1, 0.15) is 4.90 Å². The van der Waals surface area contributed by atoms with Crippen LogP contribution in [0.5, 0.6) is 0 Å². The van der Waals surface area contributed by atoms with Gasteiger partial charge in [-0.05, 0) is 46.6 Å². The standard InChI is InChI=1S/C26H21BrN4O3S2/c1-17-7-6-8-18(13-17)15-31-22-12-5-2-9-19(22)25-23(36(31,33)34)14-28-26(30-25)35-16-24(32)29-21-11-4-3-10-20(21)27/h2-14H,15-16H2,1H3,(H,29,32). The Kier molecular flexibility index (Phi) is 6.83. The zero-order chi connectivity index (χ0) is 25.3. The summed E-state index contributed by atoms with van der Waals surface area (Å²) in [6, 6.07) is 22.4. The molecule has 0 saturated heterocycles. The summed E-state index contributed by atoms with van der Waals surface area (Å²) in [4.78, 5) is 21.3. The maximum absolute atomic E-state index is 13.6. The molecular weight excluding hydrogens is 560 g/mol. The Balaban J connectivity index is 1.42. The number of sulfonamides is 1. The van der Waals surface area contributed by atoms with Crippen molar-refractivity contribution in [3.8, 4) is 11.3 Å². The molecule has 10 heteroatoms. The van der Waals surface area contributed by atoms with Gasteiger partial charge in [-0.3, -0.25) is 9.10 Å². The van der Waals surface area contributed by atoms with E-state index in [4.69, 9.17) is 0 Å². The summed E-state index contributed by atoms with van der Waals surface area (Å²) in [6.07, 6.45) is 1.34. The lowest BCUT2D eigenvalue weighted by atomic mass is 10.1. The van der Waals surface area contributed by atoms with E-state index < -0.39 is 10.0 Å². The number of aromatic nitrogens is 2. The van der Waals surface area contributed by atoms with Gasteiger partial charge in [-0.1, -0.05) is 71.9 Å². The van der Waals surface area contributed by atoms with Crippen LogP contribution in [0.15, 0.2) is 93.5 Å². The van der Waals surface area contributed by atoms with Gasteiger partial charge in [-0.15, -0.1) is 0 Å². The van der Waals surface area contributed by atoms with Crippen molar-refractivity contribution in [2.45, 2.75) is 23.5 Å². The molecule has 0 fully saturated rings. The van der Waals surface area contributed by atoms with E-state index in [0.717, 1.165) is 27.4 Å². The first kappa shape index (κ1) is 24.5. The van der Waals surface area contributed by atoms with Crippen molar-refractivity contribution in [2.24, 2.45) is 0 Å². The van der Waals surface area contributed by atoms with Crippen LogP contribution in [0.1, 0.15) is 11.1 Å². The Morgan fingerprint density at radius 1 is 1.06 bits per heavy atom. The number of nitrogens with zero attached hydrogens (tertiary/aromatic N) is 3. The van der Waals surface area contributed by atoms with Crippen LogP contribution in [0.2, 0.25) is 0 Å². The molecule has 1 aliphatic rings. The van der Waals surface area contributed by atoms with E-state index in [0.29, 0.717) is 27.8 Å². The van der Waals surface area contributed by atoms with Gasteiger partial charge in [0, 0.05) is 10.0 Å². The van der Waals surface area contributed by atoms with Crippen molar-refractivity contribution < 1.29 is 13.2 Å². The average molecular weight is 582 g/mol. The third kappa shape index (κ3) is 4.88. The van der Waals surface area contributed by atoms with Crippen LogP contribution in [-0.4, -0.2) is 30.0 Å². The number of rotatable bonds is 6. The van der Waals surface area contributed by atoms with Crippen LogP contribution in [0.25, 0.3) is 11.3 Å². The molecule has 0 bridgehead atoms. The molecule has 0 radical (unpaired) electrons. The van der Waals surface area contributed by atoms with Gasteiger partial charge in [0.15, 0.2) is 5.16 Å². The number of hydrogen-bond donors (Lipinski definition) is 1. The number of amides is 1. The molecule has 0 saturated carbocycles. The van der Waals surface area contributed by atoms with Crippen LogP contribution in [0.4, 0.5) is 11.4 Å². The Labute approximate surface area is 222 Å². The molecule has 0 unspecified atom stereocenters. The second-order valence-corrected chi connectivity index (χ2v) is 11.8. The minimum Gasteiger partial charge on any atom is -0.324 e. The number of para-hydroxylation sites is 2. The van der Waals surface area contributed by atoms with E-state index in [2.05, 4.69) is 31.2 Å². The number of anilines is 2. The molecule has 4 aromatic rings. The molecule has 36 heavy (non-hydrogen) atoms. The molecule has 0 atom stereocenters. The molecule has 2 heterocycles. The highest BCUT2D eigenvalue weighted by Gasteiger charge is 2.36. The first-order valence-corrected chi connectivity index (χ1v) is 14.3. The summed E-state index contributed by atoms with van der Waals surface area (Å²) in [5.74, 6) is -0.140. The lowest BCUT2D eigenvalue weighted by molar-refractivity contribution is -0.113. The lowest BCUT2D eigenvalue weighted by Gasteiger charge is -2.31. The van der Waals surface area contributed by atoms with E-state index in [1.807, 2.05) is 67.6 Å². The minimum absolute atomic E-state index is 0.0517. The van der Waals surface area contributed by atoms with Gasteiger partial charge < -0.3 is 5.32 Å². The summed E-state index contributed by atoms with van der Waals surface area (Å²) < 4.78 is 29.5. The first-order valence-electron chi connectivity index (χ1n) is 11.0. The van der Waals surface area contributed by atoms with E-state index in [9.17, 15) is 13.2 Å². The molecular formula is C26H21BrN4O3S2. The maximum atomic E-state index is 13.6. The second-order valence-electron chi connectivity index (χ2n) is 8.20. The van der Waals surface area contributed by atoms with Gasteiger partial charge in [0.25, 0.3) is 10.0 Å². The Morgan fingerprint density at radius 3 is 2.64 bits per heavy atom. The fraction of sp³-hybridized carbons (Fsp3) is 0.115. The molecule has 1 amide bonds. The topological polar surface area (TPSA) is 92.3 Å². The normalized spacial score (nSPS) is 13.6. The molecule has 3 aromatic carbocycles. The second kappa shape index (κ2) is 10.0. The van der Waals surface area contributed by atoms with Crippen LogP contribution in [0.3, 0.4) is 0 Å². The zero-order valence-corrected chi connectivity index (χ0v) is 22.4. The third-order valence-corrected chi connectivity index (χ3v) is 8.93. The number of nitrogens with one attached hydrogen (secondary N) is 1. The number of aryl methyl sites for hydroxylation is 1. The third-order valence-electron chi connectivity index (χ3n) is 5.62. The van der Waals surface area contributed by atoms with Crippen LogP contribution in [0, 0.1) is 6.92 Å². The zero-order valence-electron chi connectivity index (χ0n) is 19.2. The molecule has 0 aliphatic carbocycles. The molecule has 7 nitrogen and oxygen atoms in total. The smallest absolute Gasteiger partial charge is 0.268 e. The maximum Gasteiger partial charge on any atom is 0.268 e. The van der Waals surface area contributed by atoms with Crippen molar-refractivity contribution in [2.75, 3.05) is 15.4 Å². The summed E-state index contributed by atoms with van der Waals surface area (Å²) in [6.45, 7) is 2.18.